The molecule has 0 aliphatic heterocycles. The first-order valence-corrected chi connectivity index (χ1v) is 3.07. The number of nitrogens with two attached hydrogens (primary N) is 1. The summed E-state index contributed by atoms with van der Waals surface area (Å²) in [5.74, 6) is -2.41. The van der Waals surface area contributed by atoms with Gasteiger partial charge in [-0.25, -0.2) is 0 Å². The van der Waals surface area contributed by atoms with E-state index in [1.54, 1.807) is 0 Å². The molecule has 0 aromatic rings. The van der Waals surface area contributed by atoms with E-state index in [9.17, 15) is 14.4 Å². The summed E-state index contributed by atoms with van der Waals surface area (Å²) in [4.78, 5) is 35.0. The van der Waals surface area contributed by atoms with Gasteiger partial charge >= 0.3 is 0 Å². The Morgan fingerprint density at radius 2 is 1.83 bits per heavy atom. The summed E-state index contributed by atoms with van der Waals surface area (Å²) in [5, 5.41) is 1.87. The molecule has 0 saturated carbocycles. The minimum absolute atomic E-state index is 0.467. The first-order chi connectivity index (χ1) is 5.49. The number of rotatable bonds is 2. The average Bonchev–Trinajstić information content (AvgIpc) is 1.85. The SMILES string of the molecule is C/N=C(\C(N)=O)C(=O)NC(C)=O. The standard InChI is InChI=1S/C6H9N3O3/c1-3(10)9-6(12)4(8-2)5(7)11/h1-2H3,(H2,7,11)(H,9,10,12)/b8-4+. The van der Waals surface area contributed by atoms with Crippen molar-refractivity contribution < 1.29 is 14.4 Å². The van der Waals surface area contributed by atoms with Gasteiger partial charge in [-0.3, -0.25) is 24.7 Å². The molecule has 12 heavy (non-hydrogen) atoms. The van der Waals surface area contributed by atoms with Crippen LogP contribution in [0.4, 0.5) is 0 Å². The molecule has 0 aromatic carbocycles. The van der Waals surface area contributed by atoms with Crippen molar-refractivity contribution in [2.24, 2.45) is 10.7 Å². The fraction of sp³-hybridized carbons (Fsp3) is 0.333. The number of hydrogen-bond acceptors (Lipinski definition) is 4. The third-order valence-electron chi connectivity index (χ3n) is 0.962. The van der Waals surface area contributed by atoms with Crippen molar-refractivity contribution in [2.45, 2.75) is 6.92 Å². The first kappa shape index (κ1) is 10.3. The van der Waals surface area contributed by atoms with Gasteiger partial charge < -0.3 is 5.73 Å². The van der Waals surface area contributed by atoms with Crippen molar-refractivity contribution in [3.8, 4) is 0 Å². The minimum Gasteiger partial charge on any atom is -0.364 e. The van der Waals surface area contributed by atoms with Gasteiger partial charge in [-0.1, -0.05) is 0 Å². The van der Waals surface area contributed by atoms with Crippen molar-refractivity contribution in [3.05, 3.63) is 0 Å². The highest BCUT2D eigenvalue weighted by molar-refractivity contribution is 6.65. The smallest absolute Gasteiger partial charge is 0.281 e. The summed E-state index contributed by atoms with van der Waals surface area (Å²) in [6.07, 6.45) is 0. The zero-order valence-electron chi connectivity index (χ0n) is 6.75. The molecular weight excluding hydrogens is 162 g/mol. The molecule has 0 bridgehead atoms. The Hall–Kier alpha value is -1.72. The molecule has 6 nitrogen and oxygen atoms in total. The predicted octanol–water partition coefficient (Wildman–Crippen LogP) is -1.79. The third-order valence-corrected chi connectivity index (χ3v) is 0.962. The summed E-state index contributed by atoms with van der Waals surface area (Å²) in [5.41, 5.74) is 4.31. The first-order valence-electron chi connectivity index (χ1n) is 3.07. The van der Waals surface area contributed by atoms with E-state index in [-0.39, 0.29) is 0 Å². The van der Waals surface area contributed by atoms with E-state index in [1.807, 2.05) is 5.32 Å². The average molecular weight is 171 g/mol. The lowest BCUT2D eigenvalue weighted by Gasteiger charge is -1.99. The fourth-order valence-corrected chi connectivity index (χ4v) is 0.543. The second-order valence-corrected chi connectivity index (χ2v) is 1.95. The maximum absolute atomic E-state index is 10.9. The maximum Gasteiger partial charge on any atom is 0.281 e. The van der Waals surface area contributed by atoms with Gasteiger partial charge in [0.05, 0.1) is 0 Å². The number of primary amides is 1. The van der Waals surface area contributed by atoms with E-state index in [2.05, 4.69) is 4.99 Å². The Balaban J connectivity index is 4.46. The van der Waals surface area contributed by atoms with Crippen molar-refractivity contribution in [1.29, 1.82) is 0 Å². The molecule has 0 unspecified atom stereocenters. The van der Waals surface area contributed by atoms with Gasteiger partial charge in [-0.05, 0) is 0 Å². The number of nitrogens with one attached hydrogen (secondary N) is 1. The summed E-state index contributed by atoms with van der Waals surface area (Å²) in [6, 6.07) is 0. The van der Waals surface area contributed by atoms with Crippen molar-refractivity contribution >= 4 is 23.4 Å². The maximum atomic E-state index is 10.9. The number of imide groups is 1. The van der Waals surface area contributed by atoms with Crippen LogP contribution < -0.4 is 11.1 Å². The largest absolute Gasteiger partial charge is 0.364 e. The van der Waals surface area contributed by atoms with Crippen LogP contribution in [0.3, 0.4) is 0 Å². The molecule has 3 amide bonds. The molecule has 6 heteroatoms. The van der Waals surface area contributed by atoms with E-state index < -0.39 is 23.4 Å². The normalized spacial score (nSPS) is 10.7. The lowest BCUT2D eigenvalue weighted by atomic mass is 10.3. The van der Waals surface area contributed by atoms with E-state index in [0.717, 1.165) is 6.92 Å². The molecule has 0 atom stereocenters. The highest BCUT2D eigenvalue weighted by Crippen LogP contribution is 1.77. The number of hydrogen-bond donors (Lipinski definition) is 2. The molecule has 0 saturated heterocycles. The summed E-state index contributed by atoms with van der Waals surface area (Å²) in [7, 11) is 1.24. The molecule has 0 aliphatic carbocycles. The molecule has 3 N–H and O–H groups in total. The van der Waals surface area contributed by atoms with Crippen LogP contribution in [-0.4, -0.2) is 30.5 Å². The van der Waals surface area contributed by atoms with Gasteiger partial charge in [-0.2, -0.15) is 0 Å². The van der Waals surface area contributed by atoms with Gasteiger partial charge in [0.15, 0.2) is 5.71 Å². The fourth-order valence-electron chi connectivity index (χ4n) is 0.543. The van der Waals surface area contributed by atoms with E-state index >= 15 is 0 Å². The highest BCUT2D eigenvalue weighted by atomic mass is 16.2. The zero-order valence-corrected chi connectivity index (χ0v) is 6.75. The Kier molecular flexibility index (Phi) is 3.61. The second kappa shape index (κ2) is 4.22. The lowest BCUT2D eigenvalue weighted by Crippen LogP contribution is -2.41. The van der Waals surface area contributed by atoms with Crippen LogP contribution in [0.5, 0.6) is 0 Å². The number of amides is 3. The molecule has 0 heterocycles. The Morgan fingerprint density at radius 1 is 1.33 bits per heavy atom. The number of aliphatic imine (C=N–C) groups is 1. The third kappa shape index (κ3) is 2.91. The van der Waals surface area contributed by atoms with Gasteiger partial charge in [-0.15, -0.1) is 0 Å². The Bertz CT molecular complexity index is 257. The topological polar surface area (TPSA) is 102 Å². The van der Waals surface area contributed by atoms with Crippen LogP contribution in [-0.2, 0) is 14.4 Å². The van der Waals surface area contributed by atoms with Crippen LogP contribution in [0.25, 0.3) is 0 Å². The van der Waals surface area contributed by atoms with Crippen molar-refractivity contribution in [2.75, 3.05) is 7.05 Å². The van der Waals surface area contributed by atoms with Crippen LogP contribution in [0, 0.1) is 0 Å². The number of carbonyl (C=O) groups excluding carboxylic acids is 3. The highest BCUT2D eigenvalue weighted by Gasteiger charge is 2.16. The minimum atomic E-state index is -0.962. The second-order valence-electron chi connectivity index (χ2n) is 1.95. The molecule has 0 fully saturated rings. The van der Waals surface area contributed by atoms with Gasteiger partial charge in [0, 0.05) is 14.0 Å². The van der Waals surface area contributed by atoms with Crippen LogP contribution in [0.2, 0.25) is 0 Å². The summed E-state index contributed by atoms with van der Waals surface area (Å²) in [6.45, 7) is 1.15. The predicted molar refractivity (Wildman–Crippen MR) is 41.4 cm³/mol. The lowest BCUT2D eigenvalue weighted by molar-refractivity contribution is -0.126. The molecule has 0 spiro atoms. The van der Waals surface area contributed by atoms with Gasteiger partial charge in [0.1, 0.15) is 0 Å². The van der Waals surface area contributed by atoms with Crippen LogP contribution in [0.15, 0.2) is 4.99 Å². The monoisotopic (exact) mass is 171 g/mol. The molecule has 0 radical (unpaired) electrons. The van der Waals surface area contributed by atoms with Crippen LogP contribution in [0.1, 0.15) is 6.92 Å². The zero-order chi connectivity index (χ0) is 9.72. The Morgan fingerprint density at radius 3 is 2.08 bits per heavy atom. The van der Waals surface area contributed by atoms with Crippen molar-refractivity contribution in [1.82, 2.24) is 5.32 Å². The molecule has 0 aliphatic rings. The van der Waals surface area contributed by atoms with Gasteiger partial charge in [0.25, 0.3) is 11.8 Å². The quantitative estimate of drug-likeness (QED) is 0.378. The van der Waals surface area contributed by atoms with Gasteiger partial charge in [0.2, 0.25) is 5.91 Å². The molecule has 0 rings (SSSR count). The molecule has 66 valence electrons. The van der Waals surface area contributed by atoms with Crippen LogP contribution >= 0.6 is 0 Å². The summed E-state index contributed by atoms with van der Waals surface area (Å²) < 4.78 is 0. The molecule has 0 aromatic heterocycles. The Labute approximate surface area is 68.8 Å². The number of carbonyl (C=O) groups is 3. The van der Waals surface area contributed by atoms with Crippen molar-refractivity contribution in [3.63, 3.8) is 0 Å². The van der Waals surface area contributed by atoms with E-state index in [1.165, 1.54) is 7.05 Å². The van der Waals surface area contributed by atoms with E-state index in [4.69, 9.17) is 5.73 Å². The van der Waals surface area contributed by atoms with E-state index in [0.29, 0.717) is 0 Å². The number of nitrogens with zero attached hydrogens (tertiary/aromatic N) is 1. The summed E-state index contributed by atoms with van der Waals surface area (Å²) >= 11 is 0. The molecular formula is C6H9N3O3.